The average molecular weight is 327 g/mol. The van der Waals surface area contributed by atoms with E-state index in [1.807, 2.05) is 36.5 Å². The van der Waals surface area contributed by atoms with Gasteiger partial charge in [-0.05, 0) is 44.9 Å². The van der Waals surface area contributed by atoms with E-state index in [4.69, 9.17) is 15.5 Å². The van der Waals surface area contributed by atoms with Crippen molar-refractivity contribution in [2.24, 2.45) is 5.73 Å². The zero-order valence-electron chi connectivity index (χ0n) is 13.3. The van der Waals surface area contributed by atoms with Crippen LogP contribution in [-0.4, -0.2) is 22.5 Å². The van der Waals surface area contributed by atoms with Crippen molar-refractivity contribution in [1.29, 1.82) is 0 Å². The van der Waals surface area contributed by atoms with Crippen LogP contribution in [0.15, 0.2) is 24.3 Å². The Kier molecular flexibility index (Phi) is 3.83. The molecule has 4 rings (SSSR count). The lowest BCUT2D eigenvalue weighted by atomic mass is 10.1. The van der Waals surface area contributed by atoms with Gasteiger partial charge in [0.15, 0.2) is 4.96 Å². The van der Waals surface area contributed by atoms with E-state index in [0.29, 0.717) is 13.2 Å². The second-order valence-electron chi connectivity index (χ2n) is 5.82. The summed E-state index contributed by atoms with van der Waals surface area (Å²) in [6.45, 7) is 3.29. The molecule has 0 saturated carbocycles. The van der Waals surface area contributed by atoms with E-state index in [1.54, 1.807) is 0 Å². The van der Waals surface area contributed by atoms with E-state index >= 15 is 0 Å². The summed E-state index contributed by atoms with van der Waals surface area (Å²) in [5.41, 5.74) is 10.7. The molecule has 4 nitrogen and oxygen atoms in total. The smallest absolute Gasteiger partial charge is 0.194 e. The molecule has 1 aliphatic carbocycles. The normalized spacial score (nSPS) is 13.7. The number of nitrogens with two attached hydrogens (primary N) is 1. The standard InChI is InChI=1S/C18H21N3OS/c1-2-22-15-8-4-3-6-12(15)17-14(10-11-19)21-13-7-5-9-16(13)23-18(21)20-17/h3-4,6,8H,2,5,7,9-11,19H2,1H3. The number of ether oxygens (including phenoxy) is 1. The van der Waals surface area contributed by atoms with Crippen LogP contribution in [0.4, 0.5) is 0 Å². The second kappa shape index (κ2) is 5.98. The Labute approximate surface area is 139 Å². The van der Waals surface area contributed by atoms with E-state index in [2.05, 4.69) is 10.5 Å². The van der Waals surface area contributed by atoms with Gasteiger partial charge in [-0.2, -0.15) is 0 Å². The highest BCUT2D eigenvalue weighted by atomic mass is 32.1. The van der Waals surface area contributed by atoms with Crippen LogP contribution in [0.25, 0.3) is 16.2 Å². The topological polar surface area (TPSA) is 52.5 Å². The first-order chi connectivity index (χ1) is 11.3. The minimum absolute atomic E-state index is 0.627. The molecule has 0 spiro atoms. The molecule has 23 heavy (non-hydrogen) atoms. The third-order valence-electron chi connectivity index (χ3n) is 4.39. The first-order valence-corrected chi connectivity index (χ1v) is 9.09. The monoisotopic (exact) mass is 327 g/mol. The molecular formula is C18H21N3OS. The highest BCUT2D eigenvalue weighted by Crippen LogP contribution is 2.38. The number of fused-ring (bicyclic) bond motifs is 3. The summed E-state index contributed by atoms with van der Waals surface area (Å²) in [7, 11) is 0. The van der Waals surface area contributed by atoms with Gasteiger partial charge in [-0.1, -0.05) is 12.1 Å². The molecule has 0 bridgehead atoms. The van der Waals surface area contributed by atoms with Crippen LogP contribution >= 0.6 is 11.3 Å². The van der Waals surface area contributed by atoms with Crippen molar-refractivity contribution in [2.75, 3.05) is 13.2 Å². The molecule has 0 saturated heterocycles. The number of aromatic nitrogens is 2. The van der Waals surface area contributed by atoms with Gasteiger partial charge in [0.1, 0.15) is 5.75 Å². The number of imidazole rings is 1. The Bertz CT molecular complexity index is 849. The van der Waals surface area contributed by atoms with Crippen molar-refractivity contribution >= 4 is 16.3 Å². The summed E-state index contributed by atoms with van der Waals surface area (Å²) in [6.07, 6.45) is 4.43. The molecule has 0 radical (unpaired) electrons. The quantitative estimate of drug-likeness (QED) is 0.781. The predicted octanol–water partition coefficient (Wildman–Crippen LogP) is 3.45. The van der Waals surface area contributed by atoms with Gasteiger partial charge in [-0.15, -0.1) is 11.3 Å². The largest absolute Gasteiger partial charge is 0.493 e. The molecule has 0 amide bonds. The average Bonchev–Trinajstić information content (AvgIpc) is 3.20. The lowest BCUT2D eigenvalue weighted by Crippen LogP contribution is -2.07. The van der Waals surface area contributed by atoms with Crippen LogP contribution < -0.4 is 10.5 Å². The minimum Gasteiger partial charge on any atom is -0.493 e. The molecule has 2 aromatic heterocycles. The minimum atomic E-state index is 0.627. The van der Waals surface area contributed by atoms with Gasteiger partial charge in [0.05, 0.1) is 18.0 Å². The van der Waals surface area contributed by atoms with E-state index in [1.165, 1.54) is 29.1 Å². The Morgan fingerprint density at radius 2 is 2.17 bits per heavy atom. The number of hydrogen-bond acceptors (Lipinski definition) is 4. The maximum atomic E-state index is 5.90. The Hall–Kier alpha value is -1.85. The van der Waals surface area contributed by atoms with Crippen LogP contribution in [-0.2, 0) is 19.3 Å². The van der Waals surface area contributed by atoms with Crippen molar-refractivity contribution in [1.82, 2.24) is 9.38 Å². The van der Waals surface area contributed by atoms with Crippen LogP contribution in [0, 0.1) is 0 Å². The van der Waals surface area contributed by atoms with E-state index < -0.39 is 0 Å². The third kappa shape index (κ3) is 2.35. The number of nitrogens with zero attached hydrogens (tertiary/aromatic N) is 2. The van der Waals surface area contributed by atoms with Gasteiger partial charge < -0.3 is 10.5 Å². The maximum absolute atomic E-state index is 5.90. The van der Waals surface area contributed by atoms with Crippen molar-refractivity contribution in [2.45, 2.75) is 32.6 Å². The Morgan fingerprint density at radius 3 is 3.00 bits per heavy atom. The fraction of sp³-hybridized carbons (Fsp3) is 0.389. The number of thiazole rings is 1. The van der Waals surface area contributed by atoms with Crippen LogP contribution in [0.5, 0.6) is 5.75 Å². The molecule has 1 aliphatic rings. The molecule has 2 heterocycles. The fourth-order valence-corrected chi connectivity index (χ4v) is 4.69. The molecule has 0 unspecified atom stereocenters. The van der Waals surface area contributed by atoms with Gasteiger partial charge in [0.2, 0.25) is 0 Å². The summed E-state index contributed by atoms with van der Waals surface area (Å²) in [6, 6.07) is 8.16. The summed E-state index contributed by atoms with van der Waals surface area (Å²) >= 11 is 1.83. The number of aryl methyl sites for hydroxylation is 2. The molecule has 120 valence electrons. The molecular weight excluding hydrogens is 306 g/mol. The predicted molar refractivity (Wildman–Crippen MR) is 94.5 cm³/mol. The SMILES string of the molecule is CCOc1ccccc1-c1nc2sc3c(n2c1CCN)CCC3. The zero-order valence-corrected chi connectivity index (χ0v) is 14.2. The summed E-state index contributed by atoms with van der Waals surface area (Å²) in [4.78, 5) is 7.55. The molecule has 3 aromatic rings. The highest BCUT2D eigenvalue weighted by molar-refractivity contribution is 7.17. The Morgan fingerprint density at radius 1 is 1.30 bits per heavy atom. The van der Waals surface area contributed by atoms with Crippen LogP contribution in [0.2, 0.25) is 0 Å². The van der Waals surface area contributed by atoms with Crippen molar-refractivity contribution < 1.29 is 4.74 Å². The maximum Gasteiger partial charge on any atom is 0.194 e. The fourth-order valence-electron chi connectivity index (χ4n) is 3.46. The lowest BCUT2D eigenvalue weighted by Gasteiger charge is -2.10. The van der Waals surface area contributed by atoms with Crippen molar-refractivity contribution in [3.63, 3.8) is 0 Å². The van der Waals surface area contributed by atoms with Crippen LogP contribution in [0.1, 0.15) is 29.6 Å². The lowest BCUT2D eigenvalue weighted by molar-refractivity contribution is 0.341. The second-order valence-corrected chi connectivity index (χ2v) is 6.88. The molecule has 0 atom stereocenters. The summed E-state index contributed by atoms with van der Waals surface area (Å²) in [5.74, 6) is 0.899. The Balaban J connectivity index is 1.93. The molecule has 2 N–H and O–H groups in total. The van der Waals surface area contributed by atoms with Crippen LogP contribution in [0.3, 0.4) is 0 Å². The van der Waals surface area contributed by atoms with Gasteiger partial charge in [0, 0.05) is 22.6 Å². The molecule has 0 aliphatic heterocycles. The van der Waals surface area contributed by atoms with E-state index in [0.717, 1.165) is 34.8 Å². The third-order valence-corrected chi connectivity index (χ3v) is 5.53. The van der Waals surface area contributed by atoms with Gasteiger partial charge in [0.25, 0.3) is 0 Å². The number of para-hydroxylation sites is 1. The van der Waals surface area contributed by atoms with E-state index in [9.17, 15) is 0 Å². The zero-order chi connectivity index (χ0) is 15.8. The number of rotatable bonds is 5. The number of hydrogen-bond donors (Lipinski definition) is 1. The first-order valence-electron chi connectivity index (χ1n) is 8.27. The summed E-state index contributed by atoms with van der Waals surface area (Å²) < 4.78 is 8.17. The van der Waals surface area contributed by atoms with E-state index in [-0.39, 0.29) is 0 Å². The van der Waals surface area contributed by atoms with Gasteiger partial charge >= 0.3 is 0 Å². The van der Waals surface area contributed by atoms with Gasteiger partial charge in [-0.3, -0.25) is 4.40 Å². The van der Waals surface area contributed by atoms with Gasteiger partial charge in [-0.25, -0.2) is 4.98 Å². The highest BCUT2D eigenvalue weighted by Gasteiger charge is 2.24. The summed E-state index contributed by atoms with van der Waals surface area (Å²) in [5, 5.41) is 0. The molecule has 5 heteroatoms. The van der Waals surface area contributed by atoms with Crippen molar-refractivity contribution in [3.8, 4) is 17.0 Å². The number of benzene rings is 1. The van der Waals surface area contributed by atoms with Crippen molar-refractivity contribution in [3.05, 3.63) is 40.5 Å². The first kappa shape index (κ1) is 14.7. The molecule has 1 aromatic carbocycles. The molecule has 0 fully saturated rings.